The van der Waals surface area contributed by atoms with Crippen molar-refractivity contribution in [2.45, 2.75) is 33.1 Å². The van der Waals surface area contributed by atoms with Gasteiger partial charge in [-0.2, -0.15) is 0 Å². The van der Waals surface area contributed by atoms with Crippen LogP contribution in [0.25, 0.3) is 22.2 Å². The third-order valence-electron chi connectivity index (χ3n) is 4.66. The number of unbranched alkanes of at least 4 members (excludes halogenated alkanes) is 2. The maximum Gasteiger partial charge on any atom is 0.269 e. The number of amides is 1. The van der Waals surface area contributed by atoms with Crippen LogP contribution in [0.5, 0.6) is 0 Å². The highest BCUT2D eigenvalue weighted by Gasteiger charge is 2.15. The van der Waals surface area contributed by atoms with Crippen LogP contribution in [-0.2, 0) is 7.05 Å². The lowest BCUT2D eigenvalue weighted by atomic mass is 10.0. The highest BCUT2D eigenvalue weighted by atomic mass is 16.1. The van der Waals surface area contributed by atoms with Gasteiger partial charge in [-0.25, -0.2) is 4.98 Å². The molecule has 0 saturated heterocycles. The number of hydrogen-bond acceptors (Lipinski definition) is 2. The Hall–Kier alpha value is -2.62. The summed E-state index contributed by atoms with van der Waals surface area (Å²) in [6, 6.07) is 14.1. The van der Waals surface area contributed by atoms with Crippen molar-refractivity contribution < 1.29 is 4.79 Å². The van der Waals surface area contributed by atoms with Crippen molar-refractivity contribution in [2.24, 2.45) is 7.05 Å². The van der Waals surface area contributed by atoms with E-state index in [1.165, 1.54) is 5.69 Å². The van der Waals surface area contributed by atoms with Crippen molar-refractivity contribution in [1.82, 2.24) is 14.9 Å². The van der Waals surface area contributed by atoms with Gasteiger partial charge in [-0.05, 0) is 37.6 Å². The van der Waals surface area contributed by atoms with Gasteiger partial charge in [-0.15, -0.1) is 0 Å². The lowest BCUT2D eigenvalue weighted by Gasteiger charge is -2.12. The molecule has 0 spiro atoms. The van der Waals surface area contributed by atoms with Crippen LogP contribution in [0.4, 0.5) is 0 Å². The second-order valence-corrected chi connectivity index (χ2v) is 6.45. The topological polar surface area (TPSA) is 46.9 Å². The first kappa shape index (κ1) is 17.2. The van der Waals surface area contributed by atoms with E-state index in [2.05, 4.69) is 46.9 Å². The number of hydrogen-bond donors (Lipinski definition) is 1. The Morgan fingerprint density at radius 2 is 1.96 bits per heavy atom. The molecule has 25 heavy (non-hydrogen) atoms. The minimum atomic E-state index is -0.103. The number of carbonyl (C=O) groups excluding carboxylic acids is 1. The molecule has 2 aromatic heterocycles. The molecule has 2 heterocycles. The molecule has 1 amide bonds. The summed E-state index contributed by atoms with van der Waals surface area (Å²) in [4.78, 5) is 17.1. The van der Waals surface area contributed by atoms with Gasteiger partial charge in [0.15, 0.2) is 0 Å². The van der Waals surface area contributed by atoms with Crippen molar-refractivity contribution in [3.63, 3.8) is 0 Å². The average Bonchev–Trinajstić information content (AvgIpc) is 2.96. The number of carbonyl (C=O) groups is 1. The molecule has 3 rings (SSSR count). The molecule has 0 bridgehead atoms. The Kier molecular flexibility index (Phi) is 5.17. The Morgan fingerprint density at radius 1 is 1.16 bits per heavy atom. The Balaban J connectivity index is 2.01. The summed E-state index contributed by atoms with van der Waals surface area (Å²) in [5, 5.41) is 4.05. The van der Waals surface area contributed by atoms with E-state index < -0.39 is 0 Å². The van der Waals surface area contributed by atoms with Crippen LogP contribution in [0.1, 0.15) is 42.4 Å². The van der Waals surface area contributed by atoms with Gasteiger partial charge < -0.3 is 9.88 Å². The summed E-state index contributed by atoms with van der Waals surface area (Å²) in [6.45, 7) is 4.93. The van der Waals surface area contributed by atoms with Crippen LogP contribution < -0.4 is 5.32 Å². The average molecular weight is 335 g/mol. The van der Waals surface area contributed by atoms with Gasteiger partial charge in [-0.1, -0.05) is 38.0 Å². The number of aromatic nitrogens is 2. The summed E-state index contributed by atoms with van der Waals surface area (Å²) >= 11 is 0. The molecule has 1 aromatic carbocycles. The molecule has 3 aromatic rings. The number of nitrogens with zero attached hydrogens (tertiary/aromatic N) is 2. The molecule has 0 fully saturated rings. The molecule has 0 atom stereocenters. The molecule has 0 radical (unpaired) electrons. The zero-order valence-corrected chi connectivity index (χ0v) is 15.2. The summed E-state index contributed by atoms with van der Waals surface area (Å²) < 4.78 is 2.14. The molecule has 0 aliphatic heterocycles. The first-order chi connectivity index (χ1) is 12.1. The molecule has 0 aliphatic rings. The molecule has 0 unspecified atom stereocenters. The minimum Gasteiger partial charge on any atom is -0.351 e. The van der Waals surface area contributed by atoms with Crippen LogP contribution in [-0.4, -0.2) is 22.0 Å². The maximum atomic E-state index is 12.5. The molecular weight excluding hydrogens is 310 g/mol. The van der Waals surface area contributed by atoms with E-state index >= 15 is 0 Å². The van der Waals surface area contributed by atoms with Crippen molar-refractivity contribution in [3.05, 3.63) is 53.9 Å². The number of nitrogens with one attached hydrogen (secondary N) is 1. The number of aryl methyl sites for hydroxylation is 1. The molecule has 0 saturated carbocycles. The summed E-state index contributed by atoms with van der Waals surface area (Å²) in [5.74, 6) is -0.103. The molecular formula is C21H25N3O. The fourth-order valence-corrected chi connectivity index (χ4v) is 3.05. The summed E-state index contributed by atoms with van der Waals surface area (Å²) in [6.07, 6.45) is 3.26. The summed E-state index contributed by atoms with van der Waals surface area (Å²) in [5.41, 5.74) is 4.64. The van der Waals surface area contributed by atoms with Gasteiger partial charge in [0, 0.05) is 35.9 Å². The van der Waals surface area contributed by atoms with Crippen molar-refractivity contribution in [1.29, 1.82) is 0 Å². The lowest BCUT2D eigenvalue weighted by Crippen LogP contribution is -2.25. The van der Waals surface area contributed by atoms with Crippen LogP contribution >= 0.6 is 0 Å². The number of fused-ring (bicyclic) bond motifs is 1. The molecule has 130 valence electrons. The van der Waals surface area contributed by atoms with Crippen LogP contribution in [0.2, 0.25) is 0 Å². The zero-order chi connectivity index (χ0) is 17.8. The second kappa shape index (κ2) is 7.51. The van der Waals surface area contributed by atoms with E-state index in [0.717, 1.165) is 41.4 Å². The Morgan fingerprint density at radius 3 is 2.68 bits per heavy atom. The fourth-order valence-electron chi connectivity index (χ4n) is 3.05. The molecule has 4 heteroatoms. The highest BCUT2D eigenvalue weighted by Crippen LogP contribution is 2.29. The van der Waals surface area contributed by atoms with Gasteiger partial charge in [0.05, 0.1) is 5.52 Å². The molecule has 1 N–H and O–H groups in total. The standard InChI is InChI=1S/C21H25N3O/c1-4-5-8-13-22-21(25)19-14-17(20-12-11-15(2)24(20)3)16-9-6-7-10-18(16)23-19/h6-7,9-12,14H,4-5,8,13H2,1-3H3,(H,22,25). The number of rotatable bonds is 6. The minimum absolute atomic E-state index is 0.103. The number of pyridine rings is 1. The lowest BCUT2D eigenvalue weighted by molar-refractivity contribution is 0.0948. The van der Waals surface area contributed by atoms with E-state index in [1.807, 2.05) is 31.3 Å². The van der Waals surface area contributed by atoms with Crippen LogP contribution in [0.15, 0.2) is 42.5 Å². The van der Waals surface area contributed by atoms with E-state index in [0.29, 0.717) is 12.2 Å². The Labute approximate surface area is 148 Å². The third kappa shape index (κ3) is 3.58. The largest absolute Gasteiger partial charge is 0.351 e. The SMILES string of the molecule is CCCCCNC(=O)c1cc(-c2ccc(C)n2C)c2ccccc2n1. The smallest absolute Gasteiger partial charge is 0.269 e. The quantitative estimate of drug-likeness (QED) is 0.676. The second-order valence-electron chi connectivity index (χ2n) is 6.45. The van der Waals surface area contributed by atoms with Crippen molar-refractivity contribution in [3.8, 4) is 11.3 Å². The van der Waals surface area contributed by atoms with E-state index in [-0.39, 0.29) is 5.91 Å². The predicted molar refractivity (Wildman–Crippen MR) is 103 cm³/mol. The van der Waals surface area contributed by atoms with Gasteiger partial charge in [0.2, 0.25) is 0 Å². The van der Waals surface area contributed by atoms with E-state index in [4.69, 9.17) is 0 Å². The first-order valence-corrected chi connectivity index (χ1v) is 8.92. The van der Waals surface area contributed by atoms with Crippen molar-refractivity contribution >= 4 is 16.8 Å². The fraction of sp³-hybridized carbons (Fsp3) is 0.333. The Bertz CT molecular complexity index is 895. The summed E-state index contributed by atoms with van der Waals surface area (Å²) in [7, 11) is 2.05. The predicted octanol–water partition coefficient (Wildman–Crippen LogP) is 4.47. The van der Waals surface area contributed by atoms with Gasteiger partial charge >= 0.3 is 0 Å². The molecule has 4 nitrogen and oxygen atoms in total. The van der Waals surface area contributed by atoms with Crippen LogP contribution in [0.3, 0.4) is 0 Å². The number of para-hydroxylation sites is 1. The maximum absolute atomic E-state index is 12.5. The molecule has 0 aliphatic carbocycles. The van der Waals surface area contributed by atoms with Gasteiger partial charge in [-0.3, -0.25) is 4.79 Å². The highest BCUT2D eigenvalue weighted by molar-refractivity contribution is 6.00. The van der Waals surface area contributed by atoms with Crippen molar-refractivity contribution in [2.75, 3.05) is 6.54 Å². The zero-order valence-electron chi connectivity index (χ0n) is 15.2. The van der Waals surface area contributed by atoms with Gasteiger partial charge in [0.1, 0.15) is 5.69 Å². The van der Waals surface area contributed by atoms with E-state index in [1.54, 1.807) is 0 Å². The first-order valence-electron chi connectivity index (χ1n) is 8.92. The van der Waals surface area contributed by atoms with E-state index in [9.17, 15) is 4.79 Å². The monoisotopic (exact) mass is 335 g/mol. The normalized spacial score (nSPS) is 11.0. The number of benzene rings is 1. The van der Waals surface area contributed by atoms with Gasteiger partial charge in [0.25, 0.3) is 5.91 Å². The van der Waals surface area contributed by atoms with Crippen LogP contribution in [0, 0.1) is 6.92 Å². The third-order valence-corrected chi connectivity index (χ3v) is 4.66.